The fourth-order valence-corrected chi connectivity index (χ4v) is 2.52. The Bertz CT molecular complexity index is 751. The molecule has 3 aromatic rings. The number of hydrogen-bond acceptors (Lipinski definition) is 3. The Morgan fingerprint density at radius 1 is 1.09 bits per heavy atom. The van der Waals surface area contributed by atoms with E-state index in [0.29, 0.717) is 13.2 Å². The van der Waals surface area contributed by atoms with Gasteiger partial charge in [-0.2, -0.15) is 0 Å². The Balaban J connectivity index is 1.96. The molecule has 0 aliphatic heterocycles. The summed E-state index contributed by atoms with van der Waals surface area (Å²) in [6.07, 6.45) is 1.82. The maximum Gasteiger partial charge on any atom is 0.115 e. The van der Waals surface area contributed by atoms with Crippen molar-refractivity contribution in [1.82, 2.24) is 9.55 Å². The zero-order valence-electron chi connectivity index (χ0n) is 12.4. The molecule has 0 saturated carbocycles. The first kappa shape index (κ1) is 14.4. The molecule has 0 unspecified atom stereocenters. The van der Waals surface area contributed by atoms with Gasteiger partial charge < -0.3 is 14.4 Å². The molecular formula is C18H18N2O2. The Hall–Kier alpha value is -2.59. The van der Waals surface area contributed by atoms with Crippen LogP contribution in [0.4, 0.5) is 0 Å². The fourth-order valence-electron chi connectivity index (χ4n) is 2.52. The third-order valence-electron chi connectivity index (χ3n) is 3.54. The Morgan fingerprint density at radius 3 is 2.64 bits per heavy atom. The van der Waals surface area contributed by atoms with Crippen molar-refractivity contribution in [3.05, 3.63) is 72.2 Å². The first-order valence-corrected chi connectivity index (χ1v) is 7.14. The largest absolute Gasteiger partial charge is 0.508 e. The number of aromatic nitrogens is 2. The minimum Gasteiger partial charge on any atom is -0.508 e. The van der Waals surface area contributed by atoms with Crippen molar-refractivity contribution >= 4 is 0 Å². The smallest absolute Gasteiger partial charge is 0.115 e. The Morgan fingerprint density at radius 2 is 1.91 bits per heavy atom. The van der Waals surface area contributed by atoms with Gasteiger partial charge in [0.15, 0.2) is 0 Å². The third-order valence-corrected chi connectivity index (χ3v) is 3.54. The molecule has 0 bridgehead atoms. The molecule has 1 N–H and O–H groups in total. The molecule has 112 valence electrons. The van der Waals surface area contributed by atoms with E-state index in [2.05, 4.69) is 9.55 Å². The molecule has 0 fully saturated rings. The van der Waals surface area contributed by atoms with Crippen LogP contribution in [0.15, 0.2) is 60.9 Å². The number of aromatic hydroxyl groups is 1. The van der Waals surface area contributed by atoms with Crippen LogP contribution in [0.25, 0.3) is 11.3 Å². The van der Waals surface area contributed by atoms with E-state index in [1.807, 2.05) is 48.8 Å². The zero-order chi connectivity index (χ0) is 15.4. The van der Waals surface area contributed by atoms with Gasteiger partial charge in [-0.15, -0.1) is 0 Å². The highest BCUT2D eigenvalue weighted by Crippen LogP contribution is 2.24. The summed E-state index contributed by atoms with van der Waals surface area (Å²) in [6, 6.07) is 17.3. The van der Waals surface area contributed by atoms with Gasteiger partial charge in [-0.3, -0.25) is 0 Å². The summed E-state index contributed by atoms with van der Waals surface area (Å²) in [7, 11) is 1.68. The summed E-state index contributed by atoms with van der Waals surface area (Å²) in [6.45, 7) is 1.13. The van der Waals surface area contributed by atoms with Crippen LogP contribution in [0.3, 0.4) is 0 Å². The Kier molecular flexibility index (Phi) is 4.21. The predicted octanol–water partition coefficient (Wildman–Crippen LogP) is 3.45. The van der Waals surface area contributed by atoms with Crippen LogP contribution in [0, 0.1) is 0 Å². The first-order chi connectivity index (χ1) is 10.8. The molecule has 0 atom stereocenters. The van der Waals surface area contributed by atoms with E-state index in [4.69, 9.17) is 4.74 Å². The second-order valence-corrected chi connectivity index (χ2v) is 5.14. The summed E-state index contributed by atoms with van der Waals surface area (Å²) in [5.74, 6) is 0.272. The lowest BCUT2D eigenvalue weighted by Gasteiger charge is -2.10. The third kappa shape index (κ3) is 3.02. The summed E-state index contributed by atoms with van der Waals surface area (Å²) < 4.78 is 7.40. The highest BCUT2D eigenvalue weighted by molar-refractivity contribution is 5.61. The number of phenols is 1. The van der Waals surface area contributed by atoms with E-state index in [0.717, 1.165) is 22.5 Å². The lowest BCUT2D eigenvalue weighted by atomic mass is 10.1. The quantitative estimate of drug-likeness (QED) is 0.784. The normalized spacial score (nSPS) is 10.8. The molecule has 3 rings (SSSR count). The summed E-state index contributed by atoms with van der Waals surface area (Å²) in [4.78, 5) is 4.54. The van der Waals surface area contributed by atoms with Gasteiger partial charge in [-0.25, -0.2) is 4.98 Å². The van der Waals surface area contributed by atoms with Crippen molar-refractivity contribution < 1.29 is 9.84 Å². The van der Waals surface area contributed by atoms with Gasteiger partial charge in [-0.1, -0.05) is 42.5 Å². The molecule has 0 aliphatic rings. The van der Waals surface area contributed by atoms with E-state index in [9.17, 15) is 5.11 Å². The second kappa shape index (κ2) is 6.45. The maximum atomic E-state index is 9.60. The van der Waals surface area contributed by atoms with Crippen molar-refractivity contribution in [2.45, 2.75) is 13.2 Å². The van der Waals surface area contributed by atoms with Gasteiger partial charge in [0.05, 0.1) is 24.3 Å². The molecule has 1 heterocycles. The molecule has 1 aromatic heterocycles. The molecule has 2 aromatic carbocycles. The van der Waals surface area contributed by atoms with Gasteiger partial charge >= 0.3 is 0 Å². The van der Waals surface area contributed by atoms with Crippen molar-refractivity contribution in [1.29, 1.82) is 0 Å². The van der Waals surface area contributed by atoms with Gasteiger partial charge in [-0.05, 0) is 17.7 Å². The lowest BCUT2D eigenvalue weighted by molar-refractivity contribution is 0.179. The molecule has 4 nitrogen and oxygen atoms in total. The van der Waals surface area contributed by atoms with E-state index in [1.165, 1.54) is 0 Å². The molecule has 4 heteroatoms. The molecule has 0 spiro atoms. The van der Waals surface area contributed by atoms with Gasteiger partial charge in [0.2, 0.25) is 0 Å². The zero-order valence-corrected chi connectivity index (χ0v) is 12.4. The minimum absolute atomic E-state index is 0.272. The van der Waals surface area contributed by atoms with Crippen molar-refractivity contribution in [3.63, 3.8) is 0 Å². The minimum atomic E-state index is 0.272. The van der Waals surface area contributed by atoms with E-state index in [-0.39, 0.29) is 5.75 Å². The molecule has 0 radical (unpaired) electrons. The summed E-state index contributed by atoms with van der Waals surface area (Å²) in [5, 5.41) is 9.60. The topological polar surface area (TPSA) is 47.3 Å². The number of nitrogens with zero attached hydrogens (tertiary/aromatic N) is 2. The second-order valence-electron chi connectivity index (χ2n) is 5.14. The van der Waals surface area contributed by atoms with Gasteiger partial charge in [0.25, 0.3) is 0 Å². The average molecular weight is 294 g/mol. The van der Waals surface area contributed by atoms with Crippen LogP contribution in [-0.4, -0.2) is 21.8 Å². The first-order valence-electron chi connectivity index (χ1n) is 7.14. The highest BCUT2D eigenvalue weighted by Gasteiger charge is 2.13. The SMILES string of the molecule is COCc1c(-c2ccccc2)ncn1Cc1cccc(O)c1. The summed E-state index contributed by atoms with van der Waals surface area (Å²) in [5.41, 5.74) is 4.05. The fraction of sp³-hybridized carbons (Fsp3) is 0.167. The van der Waals surface area contributed by atoms with E-state index >= 15 is 0 Å². The van der Waals surface area contributed by atoms with Gasteiger partial charge in [0.1, 0.15) is 5.75 Å². The molecule has 0 saturated heterocycles. The number of methoxy groups -OCH3 is 1. The van der Waals surface area contributed by atoms with Gasteiger partial charge in [0, 0.05) is 19.2 Å². The Labute approximate surface area is 129 Å². The molecular weight excluding hydrogens is 276 g/mol. The number of hydrogen-bond donors (Lipinski definition) is 1. The number of rotatable bonds is 5. The summed E-state index contributed by atoms with van der Waals surface area (Å²) >= 11 is 0. The lowest BCUT2D eigenvalue weighted by Crippen LogP contribution is -2.05. The average Bonchev–Trinajstić information content (AvgIpc) is 2.91. The van der Waals surface area contributed by atoms with Crippen molar-refractivity contribution in [3.8, 4) is 17.0 Å². The van der Waals surface area contributed by atoms with Crippen LogP contribution >= 0.6 is 0 Å². The van der Waals surface area contributed by atoms with E-state index < -0.39 is 0 Å². The van der Waals surface area contributed by atoms with Crippen LogP contribution in [0.1, 0.15) is 11.3 Å². The standard InChI is InChI=1S/C18H18N2O2/c1-22-12-17-18(15-7-3-2-4-8-15)19-13-20(17)11-14-6-5-9-16(21)10-14/h2-10,13,21H,11-12H2,1H3. The highest BCUT2D eigenvalue weighted by atomic mass is 16.5. The van der Waals surface area contributed by atoms with Crippen LogP contribution < -0.4 is 0 Å². The number of phenolic OH excluding ortho intramolecular Hbond substituents is 1. The number of imidazole rings is 1. The number of ether oxygens (including phenoxy) is 1. The monoisotopic (exact) mass is 294 g/mol. The van der Waals surface area contributed by atoms with Crippen LogP contribution in [-0.2, 0) is 17.9 Å². The predicted molar refractivity (Wildman–Crippen MR) is 85.6 cm³/mol. The number of benzene rings is 2. The molecule has 22 heavy (non-hydrogen) atoms. The van der Waals surface area contributed by atoms with Crippen LogP contribution in [0.5, 0.6) is 5.75 Å². The van der Waals surface area contributed by atoms with Crippen molar-refractivity contribution in [2.75, 3.05) is 7.11 Å². The van der Waals surface area contributed by atoms with Crippen LogP contribution in [0.2, 0.25) is 0 Å². The van der Waals surface area contributed by atoms with E-state index in [1.54, 1.807) is 19.2 Å². The maximum absolute atomic E-state index is 9.60. The molecule has 0 amide bonds. The van der Waals surface area contributed by atoms with Crippen molar-refractivity contribution in [2.24, 2.45) is 0 Å². The molecule has 0 aliphatic carbocycles.